The zero-order valence-electron chi connectivity index (χ0n) is 14.1. The molecule has 130 valence electrons. The van der Waals surface area contributed by atoms with E-state index in [2.05, 4.69) is 5.32 Å². The number of ether oxygens (including phenoxy) is 1. The minimum Gasteiger partial charge on any atom is -0.496 e. The van der Waals surface area contributed by atoms with Crippen LogP contribution in [0.4, 0.5) is 0 Å². The van der Waals surface area contributed by atoms with E-state index in [1.807, 2.05) is 24.3 Å². The fourth-order valence-electron chi connectivity index (χ4n) is 2.63. The summed E-state index contributed by atoms with van der Waals surface area (Å²) in [6, 6.07) is 7.40. The van der Waals surface area contributed by atoms with E-state index in [4.69, 9.17) is 4.74 Å². The largest absolute Gasteiger partial charge is 0.496 e. The summed E-state index contributed by atoms with van der Waals surface area (Å²) < 4.78 is 5.22. The lowest BCUT2D eigenvalue weighted by Gasteiger charge is -2.34. The lowest BCUT2D eigenvalue weighted by Crippen LogP contribution is -2.50. The van der Waals surface area contributed by atoms with Crippen LogP contribution in [0.2, 0.25) is 0 Å². The standard InChI is InChI=1S/C17H23N3O4/c1-13(21)19-7-9-20(10-8-19)17(23)11-16(22)18-12-14-5-3-4-6-15(14)24-2/h3-6H,7-12H2,1-2H3,(H,18,22). The minimum atomic E-state index is -0.320. The maximum Gasteiger partial charge on any atom is 0.232 e. The van der Waals surface area contributed by atoms with E-state index >= 15 is 0 Å². The second kappa shape index (κ2) is 8.33. The Bertz CT molecular complexity index is 610. The molecule has 1 fully saturated rings. The summed E-state index contributed by atoms with van der Waals surface area (Å²) in [6.07, 6.45) is -0.185. The molecular weight excluding hydrogens is 310 g/mol. The van der Waals surface area contributed by atoms with Crippen LogP contribution < -0.4 is 10.1 Å². The van der Waals surface area contributed by atoms with Crippen LogP contribution in [-0.2, 0) is 20.9 Å². The van der Waals surface area contributed by atoms with Gasteiger partial charge in [0.2, 0.25) is 17.7 Å². The molecule has 1 aromatic rings. The summed E-state index contributed by atoms with van der Waals surface area (Å²) in [6.45, 7) is 3.81. The van der Waals surface area contributed by atoms with E-state index in [0.29, 0.717) is 38.5 Å². The third-order valence-corrected chi connectivity index (χ3v) is 4.06. The monoisotopic (exact) mass is 333 g/mol. The van der Waals surface area contributed by atoms with Gasteiger partial charge in [-0.1, -0.05) is 18.2 Å². The molecule has 1 heterocycles. The van der Waals surface area contributed by atoms with Crippen LogP contribution in [0.1, 0.15) is 18.9 Å². The summed E-state index contributed by atoms with van der Waals surface area (Å²) in [5.41, 5.74) is 0.857. The Labute approximate surface area is 141 Å². The number of amides is 3. The lowest BCUT2D eigenvalue weighted by atomic mass is 10.2. The first kappa shape index (κ1) is 17.8. The first-order valence-corrected chi connectivity index (χ1v) is 7.93. The highest BCUT2D eigenvalue weighted by Crippen LogP contribution is 2.16. The molecular formula is C17H23N3O4. The van der Waals surface area contributed by atoms with Crippen LogP contribution >= 0.6 is 0 Å². The van der Waals surface area contributed by atoms with E-state index in [1.165, 1.54) is 6.92 Å². The molecule has 1 aliphatic rings. The van der Waals surface area contributed by atoms with Gasteiger partial charge in [-0.2, -0.15) is 0 Å². The molecule has 7 nitrogen and oxygen atoms in total. The van der Waals surface area contributed by atoms with Gasteiger partial charge in [0.25, 0.3) is 0 Å². The third-order valence-electron chi connectivity index (χ3n) is 4.06. The molecule has 0 unspecified atom stereocenters. The lowest BCUT2D eigenvalue weighted by molar-refractivity contribution is -0.141. The van der Waals surface area contributed by atoms with Crippen LogP contribution in [0.3, 0.4) is 0 Å². The Kier molecular flexibility index (Phi) is 6.17. The predicted octanol–water partition coefficient (Wildman–Crippen LogP) is 0.392. The van der Waals surface area contributed by atoms with Gasteiger partial charge >= 0.3 is 0 Å². The molecule has 1 aromatic carbocycles. The molecule has 0 saturated carbocycles. The number of hydrogen-bond donors (Lipinski definition) is 1. The molecule has 0 aliphatic carbocycles. The SMILES string of the molecule is COc1ccccc1CNC(=O)CC(=O)N1CCN(C(C)=O)CC1. The summed E-state index contributed by atoms with van der Waals surface area (Å²) in [4.78, 5) is 38.7. The zero-order valence-corrected chi connectivity index (χ0v) is 14.1. The van der Waals surface area contributed by atoms with Crippen LogP contribution in [0.15, 0.2) is 24.3 Å². The smallest absolute Gasteiger partial charge is 0.232 e. The maximum absolute atomic E-state index is 12.2. The first-order valence-electron chi connectivity index (χ1n) is 7.93. The van der Waals surface area contributed by atoms with Crippen LogP contribution in [0.5, 0.6) is 5.75 Å². The van der Waals surface area contributed by atoms with Gasteiger partial charge in [0, 0.05) is 45.2 Å². The van der Waals surface area contributed by atoms with Crippen molar-refractivity contribution >= 4 is 17.7 Å². The highest BCUT2D eigenvalue weighted by molar-refractivity contribution is 5.97. The van der Waals surface area contributed by atoms with Gasteiger partial charge in [-0.3, -0.25) is 14.4 Å². The number of nitrogens with zero attached hydrogens (tertiary/aromatic N) is 2. The van der Waals surface area contributed by atoms with Gasteiger partial charge in [-0.05, 0) is 6.07 Å². The number of hydrogen-bond acceptors (Lipinski definition) is 4. The normalized spacial score (nSPS) is 14.2. The number of para-hydroxylation sites is 1. The summed E-state index contributed by atoms with van der Waals surface area (Å²) in [5, 5.41) is 2.74. The molecule has 0 radical (unpaired) electrons. The van der Waals surface area contributed by atoms with E-state index < -0.39 is 0 Å². The molecule has 1 saturated heterocycles. The fourth-order valence-corrected chi connectivity index (χ4v) is 2.63. The molecule has 1 aliphatic heterocycles. The number of carbonyl (C=O) groups is 3. The zero-order chi connectivity index (χ0) is 17.5. The molecule has 0 bridgehead atoms. The van der Waals surface area contributed by atoms with Crippen molar-refractivity contribution in [2.75, 3.05) is 33.3 Å². The average molecular weight is 333 g/mol. The van der Waals surface area contributed by atoms with Crippen molar-refractivity contribution in [3.05, 3.63) is 29.8 Å². The van der Waals surface area contributed by atoms with E-state index in [1.54, 1.807) is 16.9 Å². The van der Waals surface area contributed by atoms with Crippen molar-refractivity contribution in [1.29, 1.82) is 0 Å². The quantitative estimate of drug-likeness (QED) is 0.791. The third kappa shape index (κ3) is 4.71. The van der Waals surface area contributed by atoms with Gasteiger partial charge in [-0.25, -0.2) is 0 Å². The Morgan fingerprint density at radius 2 is 1.71 bits per heavy atom. The van der Waals surface area contributed by atoms with Gasteiger partial charge in [0.05, 0.1) is 7.11 Å². The Morgan fingerprint density at radius 1 is 1.08 bits per heavy atom. The van der Waals surface area contributed by atoms with Crippen LogP contribution in [0, 0.1) is 0 Å². The van der Waals surface area contributed by atoms with Crippen molar-refractivity contribution in [2.45, 2.75) is 19.9 Å². The number of benzene rings is 1. The molecule has 7 heteroatoms. The highest BCUT2D eigenvalue weighted by atomic mass is 16.5. The summed E-state index contributed by atoms with van der Waals surface area (Å²) >= 11 is 0. The first-order chi connectivity index (χ1) is 11.5. The molecule has 2 rings (SSSR count). The number of methoxy groups -OCH3 is 1. The second-order valence-electron chi connectivity index (χ2n) is 5.65. The number of piperazine rings is 1. The van der Waals surface area contributed by atoms with E-state index in [9.17, 15) is 14.4 Å². The molecule has 0 spiro atoms. The Morgan fingerprint density at radius 3 is 2.33 bits per heavy atom. The summed E-state index contributed by atoms with van der Waals surface area (Å²) in [7, 11) is 1.57. The molecule has 3 amide bonds. The topological polar surface area (TPSA) is 79.0 Å². The Balaban J connectivity index is 1.78. The maximum atomic E-state index is 12.2. The number of nitrogens with one attached hydrogen (secondary N) is 1. The van der Waals surface area contributed by atoms with Crippen molar-refractivity contribution in [3.63, 3.8) is 0 Å². The van der Waals surface area contributed by atoms with Gasteiger partial charge in [-0.15, -0.1) is 0 Å². The van der Waals surface area contributed by atoms with Crippen molar-refractivity contribution in [1.82, 2.24) is 15.1 Å². The predicted molar refractivity (Wildman–Crippen MR) is 88.3 cm³/mol. The van der Waals surface area contributed by atoms with Crippen molar-refractivity contribution in [2.24, 2.45) is 0 Å². The average Bonchev–Trinajstić information content (AvgIpc) is 2.60. The van der Waals surface area contributed by atoms with Crippen LogP contribution in [0.25, 0.3) is 0 Å². The number of rotatable bonds is 5. The molecule has 0 atom stereocenters. The van der Waals surface area contributed by atoms with Crippen molar-refractivity contribution < 1.29 is 19.1 Å². The number of carbonyl (C=O) groups excluding carboxylic acids is 3. The molecule has 1 N–H and O–H groups in total. The Hall–Kier alpha value is -2.57. The van der Waals surface area contributed by atoms with E-state index in [-0.39, 0.29) is 24.1 Å². The summed E-state index contributed by atoms with van der Waals surface area (Å²) in [5.74, 6) is 0.178. The van der Waals surface area contributed by atoms with Crippen LogP contribution in [-0.4, -0.2) is 60.8 Å². The fraction of sp³-hybridized carbons (Fsp3) is 0.471. The van der Waals surface area contributed by atoms with E-state index in [0.717, 1.165) is 5.56 Å². The minimum absolute atomic E-state index is 0.0108. The molecule has 24 heavy (non-hydrogen) atoms. The van der Waals surface area contributed by atoms with Crippen molar-refractivity contribution in [3.8, 4) is 5.75 Å². The van der Waals surface area contributed by atoms with Gasteiger partial charge in [0.15, 0.2) is 0 Å². The van der Waals surface area contributed by atoms with Gasteiger partial charge < -0.3 is 19.9 Å². The highest BCUT2D eigenvalue weighted by Gasteiger charge is 2.23. The second-order valence-corrected chi connectivity index (χ2v) is 5.65. The molecule has 0 aromatic heterocycles. The van der Waals surface area contributed by atoms with Gasteiger partial charge in [0.1, 0.15) is 12.2 Å².